The first-order valence-corrected chi connectivity index (χ1v) is 10.5. The maximum absolute atomic E-state index is 14.0. The van der Waals surface area contributed by atoms with Gasteiger partial charge >= 0.3 is 0 Å². The summed E-state index contributed by atoms with van der Waals surface area (Å²) in [6.07, 6.45) is 0. The highest BCUT2D eigenvalue weighted by Crippen LogP contribution is 2.23. The summed E-state index contributed by atoms with van der Waals surface area (Å²) in [4.78, 5) is 12.8. The molecule has 0 radical (unpaired) electrons. The summed E-state index contributed by atoms with van der Waals surface area (Å²) in [6, 6.07) is 9.91. The minimum Gasteiger partial charge on any atom is -0.454 e. The Bertz CT molecular complexity index is 1300. The molecule has 3 heterocycles. The molecule has 4 aromatic rings. The van der Waals surface area contributed by atoms with Crippen molar-refractivity contribution >= 4 is 23.2 Å². The SMILES string of the molecule is Cc1nn(Cc2ccc(C(=O)Nc3c(C)nn(Cc4ccccc4F)c3C)o2)c(C)c1Cl. The molecule has 0 atom stereocenters. The first-order chi connectivity index (χ1) is 15.2. The van der Waals surface area contributed by atoms with Crippen LogP contribution in [0.5, 0.6) is 0 Å². The van der Waals surface area contributed by atoms with Gasteiger partial charge in [0.05, 0.1) is 46.6 Å². The summed E-state index contributed by atoms with van der Waals surface area (Å²) in [5, 5.41) is 12.3. The third-order valence-corrected chi connectivity index (χ3v) is 5.93. The van der Waals surface area contributed by atoms with E-state index >= 15 is 0 Å². The molecule has 166 valence electrons. The number of anilines is 1. The third-order valence-electron chi connectivity index (χ3n) is 5.38. The summed E-state index contributed by atoms with van der Waals surface area (Å²) in [6.45, 7) is 7.97. The molecule has 0 aliphatic carbocycles. The van der Waals surface area contributed by atoms with Crippen molar-refractivity contribution < 1.29 is 13.6 Å². The van der Waals surface area contributed by atoms with Gasteiger partial charge in [-0.05, 0) is 45.9 Å². The van der Waals surface area contributed by atoms with Gasteiger partial charge in [0.15, 0.2) is 5.76 Å². The van der Waals surface area contributed by atoms with Gasteiger partial charge in [0.2, 0.25) is 0 Å². The molecular formula is C23H23ClFN5O2. The van der Waals surface area contributed by atoms with E-state index in [1.165, 1.54) is 6.07 Å². The summed E-state index contributed by atoms with van der Waals surface area (Å²) in [5.41, 5.74) is 4.04. The first kappa shape index (κ1) is 21.8. The average molecular weight is 456 g/mol. The molecule has 0 saturated carbocycles. The Morgan fingerprint density at radius 3 is 2.38 bits per heavy atom. The van der Waals surface area contributed by atoms with Gasteiger partial charge in [0.1, 0.15) is 11.6 Å². The van der Waals surface area contributed by atoms with E-state index in [2.05, 4.69) is 15.5 Å². The number of hydrogen-bond donors (Lipinski definition) is 1. The van der Waals surface area contributed by atoms with E-state index in [-0.39, 0.29) is 24.0 Å². The number of benzene rings is 1. The second kappa shape index (κ2) is 8.63. The largest absolute Gasteiger partial charge is 0.454 e. The zero-order chi connectivity index (χ0) is 23.0. The van der Waals surface area contributed by atoms with Gasteiger partial charge in [-0.2, -0.15) is 10.2 Å². The maximum atomic E-state index is 14.0. The van der Waals surface area contributed by atoms with Crippen molar-refractivity contribution in [3.05, 3.63) is 87.1 Å². The fourth-order valence-electron chi connectivity index (χ4n) is 3.56. The van der Waals surface area contributed by atoms with Crippen LogP contribution in [0.4, 0.5) is 10.1 Å². The van der Waals surface area contributed by atoms with Crippen LogP contribution in [0, 0.1) is 33.5 Å². The van der Waals surface area contributed by atoms with E-state index in [1.54, 1.807) is 46.6 Å². The molecule has 0 saturated heterocycles. The molecular weight excluding hydrogens is 433 g/mol. The Hall–Kier alpha value is -3.39. The highest BCUT2D eigenvalue weighted by molar-refractivity contribution is 6.31. The lowest BCUT2D eigenvalue weighted by Gasteiger charge is -2.07. The molecule has 1 N–H and O–H groups in total. The lowest BCUT2D eigenvalue weighted by Crippen LogP contribution is -2.13. The quantitative estimate of drug-likeness (QED) is 0.441. The fourth-order valence-corrected chi connectivity index (χ4v) is 3.69. The van der Waals surface area contributed by atoms with E-state index in [0.717, 1.165) is 17.1 Å². The highest BCUT2D eigenvalue weighted by atomic mass is 35.5. The molecule has 0 unspecified atom stereocenters. The molecule has 9 heteroatoms. The van der Waals surface area contributed by atoms with Crippen LogP contribution in [0.25, 0.3) is 0 Å². The molecule has 1 amide bonds. The molecule has 4 rings (SSSR count). The second-order valence-electron chi connectivity index (χ2n) is 7.66. The van der Waals surface area contributed by atoms with Crippen molar-refractivity contribution in [1.82, 2.24) is 19.6 Å². The minimum atomic E-state index is -0.390. The van der Waals surface area contributed by atoms with Crippen molar-refractivity contribution in [3.63, 3.8) is 0 Å². The molecule has 0 aliphatic rings. The summed E-state index contributed by atoms with van der Waals surface area (Å²) >= 11 is 6.20. The van der Waals surface area contributed by atoms with Crippen molar-refractivity contribution in [3.8, 4) is 0 Å². The summed E-state index contributed by atoms with van der Waals surface area (Å²) < 4.78 is 23.2. The van der Waals surface area contributed by atoms with Crippen LogP contribution < -0.4 is 5.32 Å². The summed E-state index contributed by atoms with van der Waals surface area (Å²) in [7, 11) is 0. The van der Waals surface area contributed by atoms with E-state index < -0.39 is 0 Å². The number of carbonyl (C=O) groups excluding carboxylic acids is 1. The Kier molecular flexibility index (Phi) is 5.88. The second-order valence-corrected chi connectivity index (χ2v) is 8.04. The van der Waals surface area contributed by atoms with Crippen molar-refractivity contribution in [2.24, 2.45) is 0 Å². The normalized spacial score (nSPS) is 11.2. The monoisotopic (exact) mass is 455 g/mol. The van der Waals surface area contributed by atoms with Crippen LogP contribution in [0.3, 0.4) is 0 Å². The van der Waals surface area contributed by atoms with Crippen LogP contribution in [0.2, 0.25) is 5.02 Å². The first-order valence-electron chi connectivity index (χ1n) is 10.1. The van der Waals surface area contributed by atoms with Gasteiger partial charge in [-0.1, -0.05) is 29.8 Å². The van der Waals surface area contributed by atoms with E-state index in [0.29, 0.717) is 34.3 Å². The number of hydrogen-bond acceptors (Lipinski definition) is 4. The number of rotatable bonds is 6. The minimum absolute atomic E-state index is 0.174. The van der Waals surface area contributed by atoms with Gasteiger partial charge in [-0.3, -0.25) is 14.2 Å². The Labute approximate surface area is 189 Å². The molecule has 7 nitrogen and oxygen atoms in total. The van der Waals surface area contributed by atoms with E-state index in [9.17, 15) is 9.18 Å². The predicted octanol–water partition coefficient (Wildman–Crippen LogP) is 5.05. The number of halogens is 2. The number of nitrogens with one attached hydrogen (secondary N) is 1. The molecule has 0 spiro atoms. The highest BCUT2D eigenvalue weighted by Gasteiger charge is 2.19. The van der Waals surface area contributed by atoms with Crippen molar-refractivity contribution in [2.75, 3.05) is 5.32 Å². The van der Waals surface area contributed by atoms with Crippen molar-refractivity contribution in [2.45, 2.75) is 40.8 Å². The van der Waals surface area contributed by atoms with Crippen LogP contribution in [0.1, 0.15) is 44.7 Å². The number of aryl methyl sites for hydroxylation is 2. The smallest absolute Gasteiger partial charge is 0.291 e. The fraction of sp³-hybridized carbons (Fsp3) is 0.261. The molecule has 0 aliphatic heterocycles. The lowest BCUT2D eigenvalue weighted by atomic mass is 10.2. The zero-order valence-corrected chi connectivity index (χ0v) is 19.0. The van der Waals surface area contributed by atoms with Gasteiger partial charge in [0.25, 0.3) is 5.91 Å². The van der Waals surface area contributed by atoms with E-state index in [4.69, 9.17) is 16.0 Å². The number of nitrogens with zero attached hydrogens (tertiary/aromatic N) is 4. The predicted molar refractivity (Wildman–Crippen MR) is 120 cm³/mol. The zero-order valence-electron chi connectivity index (χ0n) is 18.2. The van der Waals surface area contributed by atoms with Gasteiger partial charge in [-0.25, -0.2) is 4.39 Å². The van der Waals surface area contributed by atoms with Gasteiger partial charge in [-0.15, -0.1) is 0 Å². The van der Waals surface area contributed by atoms with Crippen LogP contribution in [0.15, 0.2) is 40.8 Å². The third kappa shape index (κ3) is 4.18. The van der Waals surface area contributed by atoms with Crippen molar-refractivity contribution in [1.29, 1.82) is 0 Å². The number of carbonyl (C=O) groups is 1. The van der Waals surface area contributed by atoms with E-state index in [1.807, 2.05) is 20.8 Å². The lowest BCUT2D eigenvalue weighted by molar-refractivity contribution is 0.0994. The summed E-state index contributed by atoms with van der Waals surface area (Å²) in [5.74, 6) is 0.0753. The number of amides is 1. The molecule has 1 aromatic carbocycles. The molecule has 0 bridgehead atoms. The average Bonchev–Trinajstić information content (AvgIpc) is 3.40. The van der Waals surface area contributed by atoms with Gasteiger partial charge in [0, 0.05) is 5.56 Å². The molecule has 0 fully saturated rings. The standard InChI is InChI=1S/C23H23ClFN5O2/c1-13-21(24)15(3)30(27-13)12-18-9-10-20(32-18)23(31)26-22-14(2)28-29(16(22)4)11-17-7-5-6-8-19(17)25/h5-10H,11-12H2,1-4H3,(H,26,31). The Morgan fingerprint density at radius 2 is 1.69 bits per heavy atom. The Balaban J connectivity index is 1.49. The Morgan fingerprint density at radius 1 is 1.00 bits per heavy atom. The van der Waals surface area contributed by atoms with Crippen LogP contribution in [-0.2, 0) is 13.1 Å². The molecule has 3 aromatic heterocycles. The topological polar surface area (TPSA) is 77.9 Å². The van der Waals surface area contributed by atoms with Gasteiger partial charge < -0.3 is 9.73 Å². The number of furan rings is 1. The maximum Gasteiger partial charge on any atom is 0.291 e. The van der Waals surface area contributed by atoms with Crippen LogP contribution >= 0.6 is 11.6 Å². The number of aromatic nitrogens is 4. The molecule has 32 heavy (non-hydrogen) atoms. The van der Waals surface area contributed by atoms with Crippen LogP contribution in [-0.4, -0.2) is 25.5 Å².